The van der Waals surface area contributed by atoms with Crippen LogP contribution in [0.5, 0.6) is 0 Å². The number of primary amides is 1. The molecule has 14 aromatic rings. The molecule has 1 aliphatic heterocycles. The third kappa shape index (κ3) is 47.2. The van der Waals surface area contributed by atoms with Crippen LogP contribution in [0.25, 0.3) is 63.9 Å². The number of carbonyl (C=O) groups excluding carboxylic acids is 8. The van der Waals surface area contributed by atoms with Crippen LogP contribution in [0.15, 0.2) is 195 Å². The monoisotopic (exact) mass is 2740 g/mol. The second-order valence-corrected chi connectivity index (χ2v) is 87.0. The van der Waals surface area contributed by atoms with E-state index in [-0.39, 0.29) is 40.7 Å². The van der Waals surface area contributed by atoms with Crippen LogP contribution in [0, 0.1) is 0 Å². The van der Waals surface area contributed by atoms with Gasteiger partial charge in [0.25, 0.3) is 11.1 Å². The van der Waals surface area contributed by atoms with Crippen LogP contribution in [-0.4, -0.2) is 214 Å². The Labute approximate surface area is 945 Å². The number of imidazole rings is 4. The van der Waals surface area contributed by atoms with E-state index in [4.69, 9.17) is 41.3 Å². The number of nitrogens with two attached hydrogens (primary N) is 1. The molecule has 1 aliphatic rings. The average Bonchev–Trinajstić information content (AvgIpc) is 1.64. The number of hydrogen-bond acceptors (Lipinski definition) is 30. The summed E-state index contributed by atoms with van der Waals surface area (Å²) in [6.45, 7) is 36.8. The SMILES string of the molecule is Brc1nc(Br)c(-c2ncc[nH]2)s1.CC(=O)Nc1c[c]([Sn]([CH3])([CH3])[CH3])ccn1.CC(=O)Nc1cc(-c2nc(Br)c(-c3nccn3COCC[Si](C)(C)C)s2)ccn1.CC(=O)Nc1cc(-c2nc(NC(=O)c3ccccc3)c(-c3nccn3COCC[Si](C)(C)C)s2)ccn1.C[Si](C)(C)CCOCCl.C[Si](C)(C)CCOCn1ccnc1-c1sc(Br)nc1Br.NC(=O)c1ccccc1.O=C1CSC(=O)N1.O=Cc1sc(Br)nc1Br. The van der Waals surface area contributed by atoms with Crippen molar-refractivity contribution in [1.29, 1.82) is 0 Å². The summed E-state index contributed by atoms with van der Waals surface area (Å²) in [5.74, 6) is 4.19. The predicted molar refractivity (Wildman–Crippen MR) is 630 cm³/mol. The number of nitrogens with one attached hydrogen (secondary N) is 6. The smallest absolute Gasteiger partial charge is 0.286 e. The van der Waals surface area contributed by atoms with E-state index in [1.807, 2.05) is 80.8 Å². The molecule has 2 aromatic carbocycles. The molecule has 7 amide bonds. The molecule has 1 saturated heterocycles. The molecule has 782 valence electrons. The number of ether oxygens (including phenoxy) is 4. The van der Waals surface area contributed by atoms with Crippen molar-refractivity contribution < 1.29 is 57.3 Å². The standard InChI is InChI=1S/C26H30N6O3SSi.C19H24BrN5O2SSi.C12H17Br2N3OSSi.C7H7N2O.C7H7NO.C6H3Br2N3S.C6H15ClOSi.C4HBr2NOS.C3H3NO2S.3CH3.Sn/c1-18(33)29-21-16-20(10-11-27-21)26-31-23(30-25(34)19-8-6-5-7-9-19)22(36-26)24-28-12-13-32(24)17-35-14-15-37(2,3)4;1-13(26)23-15-11-14(5-6-21-15)19-24-17(20)16(28-19)18-22-7-8-25(18)12-27-9-10-29(2,3)4;1-20(2,3)7-6-18-8-17-5-4-15-11(17)9-10(13)16-12(14)19-9;1-6(10)9-7-4-2-3-5-8-7;8-7(9)6-4-2-1-3-5-6;7-4-3(12-6(8)11-4)5-9-1-2-10-5;1-9(2,3)5-4-8-6-7;5-3-2(1-8)9-4(6)7-3;5-2-1-7-3(6)4-2;;;;/h5-13,16H,14-15,17H2,1-4H3,(H,30,34)(H,27,29,33);5-8,11H,9-10,12H2,1-4H3,(H,21,23,26);4-5H,6-8H2,1-3H3;3-5H,1H3,(H,8,9,10);1-5H,(H2,8,9);1-2H,(H,9,10);4-6H2,1-3H3;1H;1H2,(H,4,5,6);3*1H3;. The second kappa shape index (κ2) is 62.5. The van der Waals surface area contributed by atoms with Crippen LogP contribution in [0.3, 0.4) is 0 Å². The maximum Gasteiger partial charge on any atom is 0.286 e. The van der Waals surface area contributed by atoms with E-state index in [2.05, 4.69) is 297 Å². The first-order chi connectivity index (χ1) is 68.8. The largest absolute Gasteiger partial charge is 0.366 e. The van der Waals surface area contributed by atoms with Gasteiger partial charge in [0.05, 0.1) is 5.75 Å². The van der Waals surface area contributed by atoms with Gasteiger partial charge in [-0.1, -0.05) is 138 Å². The average molecular weight is 2750 g/mol. The maximum absolute atomic E-state index is 13.0. The Morgan fingerprint density at radius 1 is 0.466 bits per heavy atom. The third-order valence-corrected chi connectivity index (χ3v) is 42.3. The fourth-order valence-corrected chi connectivity index (χ4v) is 27.5. The van der Waals surface area contributed by atoms with Crippen molar-refractivity contribution in [1.82, 2.24) is 83.8 Å². The number of pyridine rings is 3. The van der Waals surface area contributed by atoms with Crippen molar-refractivity contribution in [3.63, 3.8) is 0 Å². The summed E-state index contributed by atoms with van der Waals surface area (Å²) < 4.78 is 35.3. The minimum absolute atomic E-state index is 0.0706. The molecule has 0 aliphatic carbocycles. The van der Waals surface area contributed by atoms with Gasteiger partial charge in [0, 0.05) is 157 Å². The number of amides is 7. The van der Waals surface area contributed by atoms with Crippen molar-refractivity contribution >= 4 is 316 Å². The number of rotatable bonds is 33. The number of imide groups is 1. The summed E-state index contributed by atoms with van der Waals surface area (Å²) in [7, 11) is -4.23. The molecule has 146 heavy (non-hydrogen) atoms. The van der Waals surface area contributed by atoms with Gasteiger partial charge in [-0.15, -0.1) is 56.7 Å². The van der Waals surface area contributed by atoms with E-state index in [1.165, 1.54) is 81.8 Å². The fourth-order valence-electron chi connectivity index (χ4n) is 11.2. The number of anilines is 4. The summed E-state index contributed by atoms with van der Waals surface area (Å²) in [6.07, 6.45) is 20.3. The van der Waals surface area contributed by atoms with Crippen LogP contribution in [0.4, 0.5) is 28.1 Å². The van der Waals surface area contributed by atoms with Gasteiger partial charge in [-0.05, 0) is 184 Å². The van der Waals surface area contributed by atoms with Gasteiger partial charge in [-0.25, -0.2) is 54.8 Å². The van der Waals surface area contributed by atoms with Crippen LogP contribution in [0.1, 0.15) is 51.2 Å². The number of H-pyrrole nitrogens is 1. The summed E-state index contributed by atoms with van der Waals surface area (Å²) in [5.41, 5.74) is 7.69. The van der Waals surface area contributed by atoms with Crippen LogP contribution >= 0.6 is 192 Å². The fraction of sp³-hybridized carbons (Fsp3) is 0.333. The molecule has 13 heterocycles. The molecule has 0 spiro atoms. The van der Waals surface area contributed by atoms with E-state index in [1.54, 1.807) is 103 Å². The zero-order valence-electron chi connectivity index (χ0n) is 83.5. The normalized spacial score (nSPS) is 11.6. The number of aldehydes is 1. The number of aromatic nitrogens is 16. The molecule has 0 unspecified atom stereocenters. The first kappa shape index (κ1) is 125. The topological polar surface area (TPSA) is 445 Å². The van der Waals surface area contributed by atoms with Crippen LogP contribution in [-0.2, 0) is 58.3 Å². The van der Waals surface area contributed by atoms with Gasteiger partial charge >= 0.3 is 88.8 Å². The van der Waals surface area contributed by atoms with Gasteiger partial charge in [-0.3, -0.25) is 38.9 Å². The Kier molecular flexibility index (Phi) is 53.7. The van der Waals surface area contributed by atoms with Crippen molar-refractivity contribution in [3.05, 3.63) is 211 Å². The Balaban J connectivity index is 0.000000236. The molecule has 34 nitrogen and oxygen atoms in total. The summed E-state index contributed by atoms with van der Waals surface area (Å²) in [6, 6.07) is 33.9. The van der Waals surface area contributed by atoms with Crippen LogP contribution in [0.2, 0.25) is 118 Å². The van der Waals surface area contributed by atoms with E-state index in [9.17, 15) is 38.4 Å². The zero-order chi connectivity index (χ0) is 108. The predicted octanol–water partition coefficient (Wildman–Crippen LogP) is 26.0. The van der Waals surface area contributed by atoms with Crippen molar-refractivity contribution in [2.75, 3.05) is 59.5 Å². The Morgan fingerprint density at radius 2 is 0.863 bits per heavy atom. The van der Waals surface area contributed by atoms with Gasteiger partial charge in [0.1, 0.15) is 96.5 Å². The number of halogens is 8. The van der Waals surface area contributed by atoms with E-state index >= 15 is 0 Å². The van der Waals surface area contributed by atoms with Crippen molar-refractivity contribution in [3.8, 4) is 63.9 Å². The summed E-state index contributed by atoms with van der Waals surface area (Å²) in [5, 5.41) is 14.4. The molecule has 0 saturated carbocycles. The van der Waals surface area contributed by atoms with E-state index in [0.29, 0.717) is 98.2 Å². The van der Waals surface area contributed by atoms with Crippen molar-refractivity contribution in [2.24, 2.45) is 5.73 Å². The summed E-state index contributed by atoms with van der Waals surface area (Å²) in [4.78, 5) is 153. The number of alkyl halides is 1. The minimum atomic E-state index is -2.02. The van der Waals surface area contributed by atoms with Gasteiger partial charge in [-0.2, -0.15) is 0 Å². The van der Waals surface area contributed by atoms with E-state index < -0.39 is 50.7 Å². The number of carbonyl (C=O) groups is 8. The molecule has 0 radical (unpaired) electrons. The molecular formula is C93H116Br7ClN22O12S6Si4Sn. The third-order valence-electron chi connectivity index (χ3n) is 18.7. The molecular weight excluding hydrogens is 2640 g/mol. The van der Waals surface area contributed by atoms with Gasteiger partial charge in [0.2, 0.25) is 23.6 Å². The number of nitrogens with zero attached hydrogens (tertiary/aromatic N) is 15. The molecule has 1 fully saturated rings. The first-order valence-electron chi connectivity index (χ1n) is 44.7. The number of benzene rings is 2. The Hall–Kier alpha value is -7.45. The zero-order valence-corrected chi connectivity index (χ0v) is 107. The van der Waals surface area contributed by atoms with Crippen molar-refractivity contribution in [2.45, 2.75) is 159 Å². The number of hydrogen-bond donors (Lipinski definition) is 7. The van der Waals surface area contributed by atoms with Crippen LogP contribution < -0.4 is 35.9 Å². The molecule has 8 N–H and O–H groups in total. The number of thioether (sulfide) groups is 1. The molecule has 0 atom stereocenters. The molecule has 0 bridgehead atoms. The van der Waals surface area contributed by atoms with E-state index in [0.717, 1.165) is 124 Å². The maximum atomic E-state index is 13.0. The number of thiazole rings is 5. The molecule has 53 heteroatoms. The van der Waals surface area contributed by atoms with Gasteiger partial charge in [0.15, 0.2) is 41.3 Å². The summed E-state index contributed by atoms with van der Waals surface area (Å²) >= 11 is 35.0. The first-order valence-corrected chi connectivity index (χ1v) is 80.7. The minimum Gasteiger partial charge on any atom is -0.366 e. The number of aromatic amines is 1. The molecule has 12 aromatic heterocycles. The molecule has 15 rings (SSSR count). The second-order valence-electron chi connectivity index (χ2n) is 37.0. The quantitative estimate of drug-likeness (QED) is 0.00869. The Bertz CT molecular complexity index is 6520. The van der Waals surface area contributed by atoms with Gasteiger partial charge < -0.3 is 59.3 Å². The Morgan fingerprint density at radius 3 is 1.22 bits per heavy atom.